The van der Waals surface area contributed by atoms with E-state index in [9.17, 15) is 9.18 Å². The molecule has 2 heterocycles. The molecule has 0 spiro atoms. The highest BCUT2D eigenvalue weighted by atomic mass is 32.1. The van der Waals surface area contributed by atoms with Crippen molar-refractivity contribution < 1.29 is 9.18 Å². The van der Waals surface area contributed by atoms with Gasteiger partial charge in [0.05, 0.1) is 4.88 Å². The smallest absolute Gasteiger partial charge is 0.261 e. The summed E-state index contributed by atoms with van der Waals surface area (Å²) in [5.41, 5.74) is 1.97. The molecule has 1 aromatic carbocycles. The van der Waals surface area contributed by atoms with Crippen molar-refractivity contribution >= 4 is 27.3 Å². The second-order valence-corrected chi connectivity index (χ2v) is 6.22. The van der Waals surface area contributed by atoms with Gasteiger partial charge in [0, 0.05) is 23.2 Å². The van der Waals surface area contributed by atoms with E-state index in [2.05, 4.69) is 16.7 Å². The lowest BCUT2D eigenvalue weighted by Crippen LogP contribution is -2.29. The van der Waals surface area contributed by atoms with Crippen LogP contribution in [0.2, 0.25) is 0 Å². The zero-order chi connectivity index (χ0) is 14.8. The lowest BCUT2D eigenvalue weighted by Gasteiger charge is -2.14. The number of benzene rings is 1. The van der Waals surface area contributed by atoms with Crippen molar-refractivity contribution in [3.05, 3.63) is 46.1 Å². The highest BCUT2D eigenvalue weighted by Gasteiger charge is 2.17. The standard InChI is InChI=1S/C16H17FN2OS/c1-10-14-12(17)3-2-4-13(14)21-15(10)16(20)19-9-11-5-7-18-8-6-11/h2-5,18H,6-9H2,1H3,(H,19,20). The number of amides is 1. The van der Waals surface area contributed by atoms with Crippen LogP contribution in [0.5, 0.6) is 0 Å². The highest BCUT2D eigenvalue weighted by molar-refractivity contribution is 7.21. The number of hydrogen-bond donors (Lipinski definition) is 2. The molecule has 0 fully saturated rings. The van der Waals surface area contributed by atoms with E-state index in [0.717, 1.165) is 29.8 Å². The predicted octanol–water partition coefficient (Wildman–Crippen LogP) is 3.00. The Kier molecular flexibility index (Phi) is 4.03. The van der Waals surface area contributed by atoms with Gasteiger partial charge in [0.2, 0.25) is 0 Å². The second-order valence-electron chi connectivity index (χ2n) is 5.17. The average molecular weight is 304 g/mol. The highest BCUT2D eigenvalue weighted by Crippen LogP contribution is 2.32. The summed E-state index contributed by atoms with van der Waals surface area (Å²) in [6, 6.07) is 4.96. The van der Waals surface area contributed by atoms with Gasteiger partial charge in [-0.2, -0.15) is 0 Å². The average Bonchev–Trinajstić information content (AvgIpc) is 2.84. The quantitative estimate of drug-likeness (QED) is 0.856. The first-order valence-corrected chi connectivity index (χ1v) is 7.83. The molecular weight excluding hydrogens is 287 g/mol. The van der Waals surface area contributed by atoms with Crippen LogP contribution in [0, 0.1) is 12.7 Å². The molecule has 2 aromatic rings. The fourth-order valence-electron chi connectivity index (χ4n) is 2.57. The molecule has 1 aromatic heterocycles. The second kappa shape index (κ2) is 5.95. The van der Waals surface area contributed by atoms with Gasteiger partial charge >= 0.3 is 0 Å². The Balaban J connectivity index is 1.80. The van der Waals surface area contributed by atoms with Crippen molar-refractivity contribution in [1.29, 1.82) is 0 Å². The molecule has 0 atom stereocenters. The number of carbonyl (C=O) groups is 1. The maximum absolute atomic E-state index is 13.9. The van der Waals surface area contributed by atoms with Crippen LogP contribution in [-0.2, 0) is 0 Å². The Labute approximate surface area is 126 Å². The molecule has 0 bridgehead atoms. The zero-order valence-electron chi connectivity index (χ0n) is 11.8. The van der Waals surface area contributed by atoms with Crippen LogP contribution in [-0.4, -0.2) is 25.5 Å². The molecule has 0 radical (unpaired) electrons. The maximum Gasteiger partial charge on any atom is 0.261 e. The summed E-state index contributed by atoms with van der Waals surface area (Å²) < 4.78 is 14.7. The summed E-state index contributed by atoms with van der Waals surface area (Å²) in [4.78, 5) is 12.9. The van der Waals surface area contributed by atoms with Gasteiger partial charge in [0.15, 0.2) is 0 Å². The van der Waals surface area contributed by atoms with Gasteiger partial charge < -0.3 is 10.6 Å². The molecule has 1 aliphatic heterocycles. The molecule has 3 nitrogen and oxygen atoms in total. The summed E-state index contributed by atoms with van der Waals surface area (Å²) in [5.74, 6) is -0.381. The molecule has 1 amide bonds. The third kappa shape index (κ3) is 2.84. The minimum Gasteiger partial charge on any atom is -0.348 e. The van der Waals surface area contributed by atoms with Gasteiger partial charge in [-0.15, -0.1) is 11.3 Å². The molecule has 110 valence electrons. The molecule has 0 saturated carbocycles. The molecule has 1 aliphatic rings. The summed E-state index contributed by atoms with van der Waals surface area (Å²) in [6.45, 7) is 4.18. The van der Waals surface area contributed by atoms with Crippen molar-refractivity contribution in [2.75, 3.05) is 19.6 Å². The number of carbonyl (C=O) groups excluding carboxylic acids is 1. The number of aryl methyl sites for hydroxylation is 1. The van der Waals surface area contributed by atoms with Crippen LogP contribution in [0.1, 0.15) is 21.7 Å². The van der Waals surface area contributed by atoms with Gasteiger partial charge in [-0.25, -0.2) is 4.39 Å². The normalized spacial score (nSPS) is 15.0. The molecule has 0 saturated heterocycles. The van der Waals surface area contributed by atoms with E-state index in [1.807, 2.05) is 6.07 Å². The van der Waals surface area contributed by atoms with E-state index in [0.29, 0.717) is 16.8 Å². The maximum atomic E-state index is 13.9. The van der Waals surface area contributed by atoms with Crippen molar-refractivity contribution in [2.45, 2.75) is 13.3 Å². The van der Waals surface area contributed by atoms with Crippen LogP contribution in [0.4, 0.5) is 4.39 Å². The number of nitrogens with one attached hydrogen (secondary N) is 2. The topological polar surface area (TPSA) is 41.1 Å². The van der Waals surface area contributed by atoms with Crippen LogP contribution in [0.15, 0.2) is 29.8 Å². The molecule has 5 heteroatoms. The van der Waals surface area contributed by atoms with E-state index in [4.69, 9.17) is 0 Å². The summed E-state index contributed by atoms with van der Waals surface area (Å²) >= 11 is 1.35. The van der Waals surface area contributed by atoms with Crippen molar-refractivity contribution in [3.8, 4) is 0 Å². The lowest BCUT2D eigenvalue weighted by atomic mass is 10.1. The third-order valence-electron chi connectivity index (χ3n) is 3.74. The van der Waals surface area contributed by atoms with Crippen molar-refractivity contribution in [2.24, 2.45) is 0 Å². The largest absolute Gasteiger partial charge is 0.348 e. The Morgan fingerprint density at radius 1 is 1.48 bits per heavy atom. The molecule has 0 unspecified atom stereocenters. The Morgan fingerprint density at radius 2 is 2.33 bits per heavy atom. The molecule has 0 aliphatic carbocycles. The molecule has 21 heavy (non-hydrogen) atoms. The van der Waals surface area contributed by atoms with E-state index < -0.39 is 0 Å². The SMILES string of the molecule is Cc1c(C(=O)NCC2=CCNCC2)sc2cccc(F)c12. The number of halogens is 1. The zero-order valence-corrected chi connectivity index (χ0v) is 12.6. The monoisotopic (exact) mass is 304 g/mol. The first-order chi connectivity index (χ1) is 10.2. The van der Waals surface area contributed by atoms with Crippen LogP contribution in [0.25, 0.3) is 10.1 Å². The van der Waals surface area contributed by atoms with Crippen LogP contribution in [0.3, 0.4) is 0 Å². The van der Waals surface area contributed by atoms with Crippen molar-refractivity contribution in [3.63, 3.8) is 0 Å². The Morgan fingerprint density at radius 3 is 3.05 bits per heavy atom. The fraction of sp³-hybridized carbons (Fsp3) is 0.312. The third-order valence-corrected chi connectivity index (χ3v) is 5.00. The van der Waals surface area contributed by atoms with E-state index in [1.165, 1.54) is 23.0 Å². The van der Waals surface area contributed by atoms with Crippen LogP contribution >= 0.6 is 11.3 Å². The van der Waals surface area contributed by atoms with Crippen LogP contribution < -0.4 is 10.6 Å². The molecular formula is C16H17FN2OS. The van der Waals surface area contributed by atoms with Gasteiger partial charge in [-0.3, -0.25) is 4.79 Å². The predicted molar refractivity (Wildman–Crippen MR) is 84.4 cm³/mol. The number of thiophene rings is 1. The van der Waals surface area contributed by atoms with Gasteiger partial charge in [-0.1, -0.05) is 17.7 Å². The molecule has 2 N–H and O–H groups in total. The lowest BCUT2D eigenvalue weighted by molar-refractivity contribution is 0.0960. The fourth-order valence-corrected chi connectivity index (χ4v) is 3.71. The minimum absolute atomic E-state index is 0.118. The number of fused-ring (bicyclic) bond motifs is 1. The number of rotatable bonds is 3. The Bertz CT molecular complexity index is 720. The summed E-state index contributed by atoms with van der Waals surface area (Å²) in [5, 5.41) is 6.74. The van der Waals surface area contributed by atoms with Gasteiger partial charge in [0.25, 0.3) is 5.91 Å². The van der Waals surface area contributed by atoms with Gasteiger partial charge in [-0.05, 0) is 37.6 Å². The summed E-state index contributed by atoms with van der Waals surface area (Å²) in [7, 11) is 0. The summed E-state index contributed by atoms with van der Waals surface area (Å²) in [6.07, 6.45) is 3.07. The number of hydrogen-bond acceptors (Lipinski definition) is 3. The first-order valence-electron chi connectivity index (χ1n) is 7.01. The van der Waals surface area contributed by atoms with E-state index in [1.54, 1.807) is 13.0 Å². The minimum atomic E-state index is -0.263. The van der Waals surface area contributed by atoms with Gasteiger partial charge in [0.1, 0.15) is 5.82 Å². The Hall–Kier alpha value is -1.72. The van der Waals surface area contributed by atoms with E-state index >= 15 is 0 Å². The first kappa shape index (κ1) is 14.2. The van der Waals surface area contributed by atoms with Crippen molar-refractivity contribution in [1.82, 2.24) is 10.6 Å². The van der Waals surface area contributed by atoms with E-state index in [-0.39, 0.29) is 11.7 Å². The molecule has 3 rings (SSSR count).